The van der Waals surface area contributed by atoms with E-state index in [4.69, 9.17) is 21.1 Å². The fourth-order valence-corrected chi connectivity index (χ4v) is 3.20. The number of nitrogens with one attached hydrogen (secondary N) is 1. The van der Waals surface area contributed by atoms with E-state index in [-0.39, 0.29) is 39.2 Å². The third-order valence-corrected chi connectivity index (χ3v) is 4.90. The minimum atomic E-state index is -0.842. The molecule has 0 saturated carbocycles. The maximum absolute atomic E-state index is 12.5. The average Bonchev–Trinajstić information content (AvgIpc) is 2.85. The monoisotopic (exact) mass is 510 g/mol. The van der Waals surface area contributed by atoms with Gasteiger partial charge < -0.3 is 19.9 Å². The van der Waals surface area contributed by atoms with Crippen LogP contribution < -0.4 is 14.8 Å². The number of hydrogen-bond acceptors (Lipinski definition) is 9. The number of phenolic OH excluding ortho intramolecular Hbond substituents is 1. The molecule has 12 nitrogen and oxygen atoms in total. The minimum Gasteiger partial charge on any atom is -0.508 e. The number of nitrogens with zero attached hydrogens (tertiary/aromatic N) is 3. The van der Waals surface area contributed by atoms with Crippen molar-refractivity contribution in [3.8, 4) is 29.1 Å². The fourth-order valence-electron chi connectivity index (χ4n) is 2.94. The zero-order valence-corrected chi connectivity index (χ0v) is 19.1. The van der Waals surface area contributed by atoms with Crippen LogP contribution in [0.3, 0.4) is 0 Å². The van der Waals surface area contributed by atoms with E-state index >= 15 is 0 Å². The number of carbonyl (C=O) groups is 1. The van der Waals surface area contributed by atoms with Crippen LogP contribution >= 0.6 is 11.6 Å². The topological polar surface area (TPSA) is 178 Å². The summed E-state index contributed by atoms with van der Waals surface area (Å²) in [6.45, 7) is 0. The van der Waals surface area contributed by atoms with Gasteiger partial charge >= 0.3 is 5.69 Å². The van der Waals surface area contributed by atoms with Crippen molar-refractivity contribution in [1.29, 1.82) is 5.26 Å². The summed E-state index contributed by atoms with van der Waals surface area (Å²) in [5, 5.41) is 43.6. The van der Waals surface area contributed by atoms with Gasteiger partial charge in [0.1, 0.15) is 17.4 Å². The van der Waals surface area contributed by atoms with Gasteiger partial charge in [0.15, 0.2) is 11.5 Å². The molecule has 0 aliphatic rings. The van der Waals surface area contributed by atoms with E-state index in [1.807, 2.05) is 0 Å². The number of phenols is 1. The first-order valence-electron chi connectivity index (χ1n) is 9.83. The summed E-state index contributed by atoms with van der Waals surface area (Å²) in [5.41, 5.74) is -0.810. The Bertz CT molecular complexity index is 1430. The predicted octanol–water partition coefficient (Wildman–Crippen LogP) is 5.21. The van der Waals surface area contributed by atoms with Crippen LogP contribution in [0.2, 0.25) is 5.02 Å². The number of nitro benzene ring substituents is 2. The molecular formula is C23H15ClN4O8. The number of hydrogen-bond donors (Lipinski definition) is 2. The second-order valence-corrected chi connectivity index (χ2v) is 7.38. The molecule has 182 valence electrons. The van der Waals surface area contributed by atoms with Crippen molar-refractivity contribution in [2.45, 2.75) is 0 Å². The molecule has 0 fully saturated rings. The van der Waals surface area contributed by atoms with Gasteiger partial charge in [0.2, 0.25) is 5.75 Å². The predicted molar refractivity (Wildman–Crippen MR) is 128 cm³/mol. The highest BCUT2D eigenvalue weighted by molar-refractivity contribution is 6.32. The Hall–Kier alpha value is -5.15. The minimum absolute atomic E-state index is 0.00662. The lowest BCUT2D eigenvalue weighted by atomic mass is 10.1. The number of ether oxygens (including phenoxy) is 2. The maximum Gasteiger partial charge on any atom is 0.318 e. The van der Waals surface area contributed by atoms with E-state index < -0.39 is 27.1 Å². The van der Waals surface area contributed by atoms with Gasteiger partial charge in [-0.05, 0) is 54.1 Å². The molecule has 0 atom stereocenters. The lowest BCUT2D eigenvalue weighted by Crippen LogP contribution is -2.13. The molecule has 3 aromatic rings. The summed E-state index contributed by atoms with van der Waals surface area (Å²) in [5.74, 6) is -1.15. The van der Waals surface area contributed by atoms with Crippen LogP contribution in [0.25, 0.3) is 6.08 Å². The molecular weight excluding hydrogens is 496 g/mol. The Morgan fingerprint density at radius 2 is 1.78 bits per heavy atom. The molecule has 0 aromatic heterocycles. The van der Waals surface area contributed by atoms with Gasteiger partial charge in [-0.25, -0.2) is 0 Å². The molecule has 3 aromatic carbocycles. The second-order valence-electron chi connectivity index (χ2n) is 6.97. The van der Waals surface area contributed by atoms with Crippen molar-refractivity contribution < 1.29 is 29.2 Å². The molecule has 0 bridgehead atoms. The van der Waals surface area contributed by atoms with Gasteiger partial charge in [0, 0.05) is 11.8 Å². The van der Waals surface area contributed by atoms with Crippen molar-refractivity contribution >= 4 is 40.6 Å². The molecule has 0 radical (unpaired) electrons. The highest BCUT2D eigenvalue weighted by Crippen LogP contribution is 2.43. The largest absolute Gasteiger partial charge is 0.508 e. The molecule has 0 aliphatic carbocycles. The third kappa shape index (κ3) is 5.85. The SMILES string of the molecule is COc1cc(/C=C(\C#N)C(=O)Nc2ccc(O)cc2)cc(Cl)c1Oc1ccc([N+](=O)[O-])cc1[N+](=O)[O-]. The van der Waals surface area contributed by atoms with Crippen molar-refractivity contribution in [3.63, 3.8) is 0 Å². The molecule has 3 rings (SSSR count). The smallest absolute Gasteiger partial charge is 0.318 e. The number of benzene rings is 3. The number of carbonyl (C=O) groups excluding carboxylic acids is 1. The summed E-state index contributed by atoms with van der Waals surface area (Å²) in [6, 6.07) is 13.0. The van der Waals surface area contributed by atoms with E-state index in [9.17, 15) is 35.4 Å². The maximum atomic E-state index is 12.5. The zero-order chi connectivity index (χ0) is 26.4. The first kappa shape index (κ1) is 25.5. The van der Waals surface area contributed by atoms with Crippen LogP contribution in [0.15, 0.2) is 60.2 Å². The zero-order valence-electron chi connectivity index (χ0n) is 18.3. The van der Waals surface area contributed by atoms with Gasteiger partial charge in [0.25, 0.3) is 11.6 Å². The van der Waals surface area contributed by atoms with Crippen LogP contribution in [0.5, 0.6) is 23.0 Å². The Morgan fingerprint density at radius 3 is 2.36 bits per heavy atom. The van der Waals surface area contributed by atoms with Crippen LogP contribution in [0, 0.1) is 31.6 Å². The molecule has 36 heavy (non-hydrogen) atoms. The first-order valence-corrected chi connectivity index (χ1v) is 10.2. The number of nitriles is 1. The average molecular weight is 511 g/mol. The molecule has 0 heterocycles. The molecule has 1 amide bonds. The first-order chi connectivity index (χ1) is 17.1. The Balaban J connectivity index is 1.94. The van der Waals surface area contributed by atoms with Crippen molar-refractivity contribution in [2.24, 2.45) is 0 Å². The summed E-state index contributed by atoms with van der Waals surface area (Å²) >= 11 is 6.31. The Kier molecular flexibility index (Phi) is 7.68. The highest BCUT2D eigenvalue weighted by Gasteiger charge is 2.23. The number of non-ortho nitro benzene ring substituents is 1. The lowest BCUT2D eigenvalue weighted by Gasteiger charge is -2.13. The molecule has 13 heteroatoms. The van der Waals surface area contributed by atoms with Gasteiger partial charge in [-0.3, -0.25) is 25.0 Å². The number of amides is 1. The molecule has 2 N–H and O–H groups in total. The van der Waals surface area contributed by atoms with Crippen LogP contribution in [0.1, 0.15) is 5.56 Å². The summed E-state index contributed by atoms with van der Waals surface area (Å²) in [6.07, 6.45) is 1.24. The van der Waals surface area contributed by atoms with Gasteiger partial charge in [-0.15, -0.1) is 0 Å². The molecule has 0 saturated heterocycles. The van der Waals surface area contributed by atoms with Gasteiger partial charge in [0.05, 0.1) is 28.0 Å². The third-order valence-electron chi connectivity index (χ3n) is 4.62. The summed E-state index contributed by atoms with van der Waals surface area (Å²) < 4.78 is 10.8. The van der Waals surface area contributed by atoms with Crippen molar-refractivity contribution in [3.05, 3.63) is 91.0 Å². The van der Waals surface area contributed by atoms with E-state index in [0.29, 0.717) is 5.69 Å². The highest BCUT2D eigenvalue weighted by atomic mass is 35.5. The summed E-state index contributed by atoms with van der Waals surface area (Å²) in [7, 11) is 1.28. The quantitative estimate of drug-likeness (QED) is 0.135. The molecule has 0 spiro atoms. The van der Waals surface area contributed by atoms with Crippen molar-refractivity contribution in [2.75, 3.05) is 12.4 Å². The molecule has 0 unspecified atom stereocenters. The van der Waals surface area contributed by atoms with Crippen LogP contribution in [-0.2, 0) is 4.79 Å². The summed E-state index contributed by atoms with van der Waals surface area (Å²) in [4.78, 5) is 33.2. The number of anilines is 1. The fraction of sp³-hybridized carbons (Fsp3) is 0.0435. The van der Waals surface area contributed by atoms with E-state index in [2.05, 4.69) is 5.32 Å². The normalized spacial score (nSPS) is 10.8. The van der Waals surface area contributed by atoms with Gasteiger partial charge in [-0.2, -0.15) is 5.26 Å². The van der Waals surface area contributed by atoms with Crippen LogP contribution in [-0.4, -0.2) is 28.0 Å². The Labute approximate surface area is 207 Å². The second kappa shape index (κ2) is 10.9. The number of methoxy groups -OCH3 is 1. The number of rotatable bonds is 8. The van der Waals surface area contributed by atoms with E-state index in [1.165, 1.54) is 49.6 Å². The Morgan fingerprint density at radius 1 is 1.08 bits per heavy atom. The number of aromatic hydroxyl groups is 1. The van der Waals surface area contributed by atoms with E-state index in [1.54, 1.807) is 6.07 Å². The van der Waals surface area contributed by atoms with Gasteiger partial charge in [-0.1, -0.05) is 11.6 Å². The van der Waals surface area contributed by atoms with Crippen LogP contribution in [0.4, 0.5) is 17.1 Å². The van der Waals surface area contributed by atoms with E-state index in [0.717, 1.165) is 18.2 Å². The molecule has 0 aliphatic heterocycles. The van der Waals surface area contributed by atoms with Crippen molar-refractivity contribution in [1.82, 2.24) is 0 Å². The lowest BCUT2D eigenvalue weighted by molar-refractivity contribution is -0.394. The number of nitro groups is 2. The standard InChI is InChI=1S/C23H15ClN4O8/c1-35-21-10-13(8-14(12-25)23(30)26-15-2-5-17(29)6-3-15)9-18(24)22(21)36-20-7-4-16(27(31)32)11-19(20)28(33)34/h2-11,29H,1H3,(H,26,30)/b14-8+. The number of halogens is 1.